The van der Waals surface area contributed by atoms with Gasteiger partial charge in [0.2, 0.25) is 5.91 Å². The summed E-state index contributed by atoms with van der Waals surface area (Å²) in [5.41, 5.74) is 0.557. The Morgan fingerprint density at radius 2 is 2.22 bits per heavy atom. The molecular weight excluding hydrogens is 303 g/mol. The summed E-state index contributed by atoms with van der Waals surface area (Å²) >= 11 is 0. The average molecular weight is 318 g/mol. The number of aromatic nitrogens is 3. The summed E-state index contributed by atoms with van der Waals surface area (Å²) < 4.78 is 14.6. The van der Waals surface area contributed by atoms with Crippen molar-refractivity contribution in [3.8, 4) is 0 Å². The van der Waals surface area contributed by atoms with Crippen molar-refractivity contribution in [1.82, 2.24) is 19.9 Å². The van der Waals surface area contributed by atoms with Crippen molar-refractivity contribution in [3.63, 3.8) is 0 Å². The highest BCUT2D eigenvalue weighted by atomic mass is 19.1. The summed E-state index contributed by atoms with van der Waals surface area (Å²) in [6.07, 6.45) is 2.82. The molecule has 1 atom stereocenters. The van der Waals surface area contributed by atoms with Crippen LogP contribution in [0.5, 0.6) is 0 Å². The monoisotopic (exact) mass is 318 g/mol. The maximum atomic E-state index is 13.4. The fourth-order valence-corrected chi connectivity index (χ4v) is 2.83. The van der Waals surface area contributed by atoms with Gasteiger partial charge in [-0.15, -0.1) is 5.10 Å². The van der Waals surface area contributed by atoms with Crippen molar-refractivity contribution < 1.29 is 19.1 Å². The number of carboxylic acid groups (broad SMARTS) is 1. The molecule has 1 aliphatic rings. The Morgan fingerprint density at radius 1 is 1.39 bits per heavy atom. The Morgan fingerprint density at radius 3 is 2.91 bits per heavy atom. The molecule has 3 rings (SSSR count). The molecule has 7 nitrogen and oxygen atoms in total. The Hall–Kier alpha value is -2.77. The highest BCUT2D eigenvalue weighted by molar-refractivity contribution is 5.84. The number of aromatic carboxylic acids is 1. The van der Waals surface area contributed by atoms with Gasteiger partial charge in [0.1, 0.15) is 12.4 Å². The lowest BCUT2D eigenvalue weighted by molar-refractivity contribution is -0.133. The fraction of sp³-hybridized carbons (Fsp3) is 0.333. The van der Waals surface area contributed by atoms with Crippen LogP contribution in [0.3, 0.4) is 0 Å². The van der Waals surface area contributed by atoms with Gasteiger partial charge in [0, 0.05) is 6.54 Å². The van der Waals surface area contributed by atoms with E-state index in [0.717, 1.165) is 18.4 Å². The third-order valence-electron chi connectivity index (χ3n) is 3.86. The number of carbonyl (C=O) groups excluding carboxylic acids is 1. The lowest BCUT2D eigenvalue weighted by atomic mass is 10.0. The molecular formula is C15H15FN4O3. The second kappa shape index (κ2) is 6.15. The number of likely N-dealkylation sites (tertiary alicyclic amines) is 1. The molecule has 1 aromatic carbocycles. The van der Waals surface area contributed by atoms with E-state index in [1.807, 2.05) is 0 Å². The summed E-state index contributed by atoms with van der Waals surface area (Å²) in [5, 5.41) is 15.9. The Bertz CT molecular complexity index is 746. The molecule has 0 saturated carbocycles. The number of hydrogen-bond donors (Lipinski definition) is 1. The van der Waals surface area contributed by atoms with Crippen LogP contribution in [0.1, 0.15) is 34.9 Å². The molecule has 0 aliphatic carbocycles. The zero-order chi connectivity index (χ0) is 16.4. The predicted molar refractivity (Wildman–Crippen MR) is 77.1 cm³/mol. The van der Waals surface area contributed by atoms with Gasteiger partial charge in [-0.2, -0.15) is 0 Å². The number of amides is 1. The van der Waals surface area contributed by atoms with E-state index in [4.69, 9.17) is 5.11 Å². The van der Waals surface area contributed by atoms with Crippen LogP contribution in [-0.4, -0.2) is 43.4 Å². The summed E-state index contributed by atoms with van der Waals surface area (Å²) in [6.45, 7) is 0.493. The maximum absolute atomic E-state index is 13.4. The number of halogens is 1. The van der Waals surface area contributed by atoms with Crippen LogP contribution in [0.2, 0.25) is 0 Å². The minimum absolute atomic E-state index is 0.0912. The molecule has 1 fully saturated rings. The molecule has 2 aromatic rings. The van der Waals surface area contributed by atoms with Crippen molar-refractivity contribution >= 4 is 11.9 Å². The van der Waals surface area contributed by atoms with Crippen LogP contribution in [0.25, 0.3) is 0 Å². The lowest BCUT2D eigenvalue weighted by Gasteiger charge is -2.25. The summed E-state index contributed by atoms with van der Waals surface area (Å²) in [5.74, 6) is -1.72. The van der Waals surface area contributed by atoms with Gasteiger partial charge in [0.05, 0.1) is 12.2 Å². The Balaban J connectivity index is 1.74. The minimum atomic E-state index is -1.19. The van der Waals surface area contributed by atoms with Crippen molar-refractivity contribution in [2.75, 3.05) is 6.54 Å². The van der Waals surface area contributed by atoms with Crippen LogP contribution in [-0.2, 0) is 11.3 Å². The van der Waals surface area contributed by atoms with Crippen LogP contribution in [0.15, 0.2) is 30.5 Å². The first-order valence-corrected chi connectivity index (χ1v) is 7.23. The third kappa shape index (κ3) is 3.20. The maximum Gasteiger partial charge on any atom is 0.358 e. The molecule has 0 spiro atoms. The first-order valence-electron chi connectivity index (χ1n) is 7.23. The fourth-order valence-electron chi connectivity index (χ4n) is 2.83. The van der Waals surface area contributed by atoms with E-state index in [1.165, 1.54) is 23.0 Å². The Labute approximate surface area is 131 Å². The number of benzene rings is 1. The molecule has 0 bridgehead atoms. The van der Waals surface area contributed by atoms with Gasteiger partial charge in [-0.1, -0.05) is 17.3 Å². The summed E-state index contributed by atoms with van der Waals surface area (Å²) in [4.78, 5) is 24.9. The molecule has 1 aliphatic heterocycles. The van der Waals surface area contributed by atoms with E-state index in [9.17, 15) is 14.0 Å². The van der Waals surface area contributed by atoms with Gasteiger partial charge < -0.3 is 10.0 Å². The third-order valence-corrected chi connectivity index (χ3v) is 3.86. The van der Waals surface area contributed by atoms with Crippen molar-refractivity contribution in [2.45, 2.75) is 25.4 Å². The number of hydrogen-bond acceptors (Lipinski definition) is 4. The van der Waals surface area contributed by atoms with Crippen LogP contribution < -0.4 is 0 Å². The minimum Gasteiger partial charge on any atom is -0.476 e. The summed E-state index contributed by atoms with van der Waals surface area (Å²) in [6, 6.07) is 6.07. The molecule has 1 aromatic heterocycles. The Kier molecular flexibility index (Phi) is 4.05. The van der Waals surface area contributed by atoms with Crippen molar-refractivity contribution in [3.05, 3.63) is 47.5 Å². The SMILES string of the molecule is O=C(O)c1cn(CC(=O)N2CCCC2c2cccc(F)c2)nn1. The van der Waals surface area contributed by atoms with Gasteiger partial charge in [-0.25, -0.2) is 13.9 Å². The second-order valence-corrected chi connectivity index (χ2v) is 5.41. The molecule has 23 heavy (non-hydrogen) atoms. The van der Waals surface area contributed by atoms with Gasteiger partial charge in [-0.05, 0) is 30.5 Å². The molecule has 1 saturated heterocycles. The number of rotatable bonds is 4. The highest BCUT2D eigenvalue weighted by Crippen LogP contribution is 2.32. The molecule has 120 valence electrons. The van der Waals surface area contributed by atoms with Gasteiger partial charge in [0.15, 0.2) is 5.69 Å². The first-order chi connectivity index (χ1) is 11.0. The average Bonchev–Trinajstić information content (AvgIpc) is 3.16. The van der Waals surface area contributed by atoms with Crippen molar-refractivity contribution in [2.24, 2.45) is 0 Å². The van der Waals surface area contributed by atoms with Gasteiger partial charge in [-0.3, -0.25) is 4.79 Å². The van der Waals surface area contributed by atoms with E-state index >= 15 is 0 Å². The van der Waals surface area contributed by atoms with E-state index in [2.05, 4.69) is 10.3 Å². The highest BCUT2D eigenvalue weighted by Gasteiger charge is 2.30. The first kappa shape index (κ1) is 15.1. The van der Waals surface area contributed by atoms with E-state index in [1.54, 1.807) is 17.0 Å². The van der Waals surface area contributed by atoms with Gasteiger partial charge in [0.25, 0.3) is 0 Å². The lowest BCUT2D eigenvalue weighted by Crippen LogP contribution is -2.33. The number of carboxylic acids is 1. The second-order valence-electron chi connectivity index (χ2n) is 5.41. The summed E-state index contributed by atoms with van der Waals surface area (Å²) in [7, 11) is 0. The standard InChI is InChI=1S/C15H15FN4O3/c16-11-4-1-3-10(7-11)13-5-2-6-20(13)14(21)9-19-8-12(15(22)23)17-18-19/h1,3-4,7-8,13H,2,5-6,9H2,(H,22,23). The smallest absolute Gasteiger partial charge is 0.358 e. The predicted octanol–water partition coefficient (Wildman–Crippen LogP) is 1.48. The number of carbonyl (C=O) groups is 2. The molecule has 2 heterocycles. The van der Waals surface area contributed by atoms with Crippen LogP contribution in [0.4, 0.5) is 4.39 Å². The van der Waals surface area contributed by atoms with Crippen molar-refractivity contribution in [1.29, 1.82) is 0 Å². The zero-order valence-electron chi connectivity index (χ0n) is 12.2. The normalized spacial score (nSPS) is 17.4. The van der Waals surface area contributed by atoms with Crippen LogP contribution >= 0.6 is 0 Å². The molecule has 1 N–H and O–H groups in total. The quantitative estimate of drug-likeness (QED) is 0.922. The zero-order valence-corrected chi connectivity index (χ0v) is 12.2. The van der Waals surface area contributed by atoms with E-state index in [-0.39, 0.29) is 30.0 Å². The topological polar surface area (TPSA) is 88.3 Å². The van der Waals surface area contributed by atoms with E-state index in [0.29, 0.717) is 6.54 Å². The molecule has 1 amide bonds. The largest absolute Gasteiger partial charge is 0.476 e. The molecule has 8 heteroatoms. The van der Waals surface area contributed by atoms with Crippen LogP contribution in [0, 0.1) is 5.82 Å². The van der Waals surface area contributed by atoms with Gasteiger partial charge >= 0.3 is 5.97 Å². The molecule has 1 unspecified atom stereocenters. The molecule has 0 radical (unpaired) electrons. The van der Waals surface area contributed by atoms with E-state index < -0.39 is 5.97 Å². The number of nitrogens with zero attached hydrogens (tertiary/aromatic N) is 4.